The second-order valence-corrected chi connectivity index (χ2v) is 4.69. The number of carbonyl (C=O) groups is 3. The summed E-state index contributed by atoms with van der Waals surface area (Å²) in [4.78, 5) is 35.0. The fourth-order valence-electron chi connectivity index (χ4n) is 1.99. The number of hydrogen-bond donors (Lipinski definition) is 2. The van der Waals surface area contributed by atoms with E-state index >= 15 is 0 Å². The van der Waals surface area contributed by atoms with Crippen LogP contribution in [0.25, 0.3) is 0 Å². The molecule has 1 rings (SSSR count). The van der Waals surface area contributed by atoms with E-state index in [0.717, 1.165) is 6.42 Å². The van der Waals surface area contributed by atoms with E-state index in [1.54, 1.807) is 30.3 Å². The van der Waals surface area contributed by atoms with Gasteiger partial charge >= 0.3 is 12.1 Å². The number of amides is 2. The Hall–Kier alpha value is -2.37. The highest BCUT2D eigenvalue weighted by Gasteiger charge is 2.34. The van der Waals surface area contributed by atoms with Crippen LogP contribution < -0.4 is 0 Å². The van der Waals surface area contributed by atoms with Gasteiger partial charge in [-0.2, -0.15) is 0 Å². The van der Waals surface area contributed by atoms with Crippen molar-refractivity contribution in [3.8, 4) is 0 Å². The van der Waals surface area contributed by atoms with Gasteiger partial charge in [-0.1, -0.05) is 43.7 Å². The van der Waals surface area contributed by atoms with E-state index < -0.39 is 24.0 Å². The lowest BCUT2D eigenvalue weighted by molar-refractivity contribution is -0.148. The molecular weight excluding hydrogens is 274 g/mol. The van der Waals surface area contributed by atoms with Crippen molar-refractivity contribution in [2.75, 3.05) is 0 Å². The lowest BCUT2D eigenvalue weighted by atomic mass is 10.0. The van der Waals surface area contributed by atoms with E-state index in [9.17, 15) is 24.6 Å². The Balaban J connectivity index is 2.96. The first-order valence-corrected chi connectivity index (χ1v) is 6.79. The summed E-state index contributed by atoms with van der Waals surface area (Å²) in [5, 5.41) is 18.5. The summed E-state index contributed by atoms with van der Waals surface area (Å²) in [5.41, 5.74) is 0.666. The summed E-state index contributed by atoms with van der Waals surface area (Å²) < 4.78 is 0. The highest BCUT2D eigenvalue weighted by molar-refractivity contribution is 5.95. The van der Waals surface area contributed by atoms with Crippen LogP contribution in [0.4, 0.5) is 4.79 Å². The zero-order valence-electron chi connectivity index (χ0n) is 11.9. The van der Waals surface area contributed by atoms with E-state index in [-0.39, 0.29) is 12.8 Å². The molecule has 0 heterocycles. The molecule has 1 atom stereocenters. The molecule has 0 fully saturated rings. The third kappa shape index (κ3) is 4.91. The second kappa shape index (κ2) is 8.04. The molecule has 0 aliphatic heterocycles. The molecule has 0 radical (unpaired) electrons. The van der Waals surface area contributed by atoms with Crippen molar-refractivity contribution in [2.24, 2.45) is 0 Å². The minimum Gasteiger partial charge on any atom is -0.480 e. The molecule has 0 saturated carbocycles. The fraction of sp³-hybridized carbons (Fsp3) is 0.400. The van der Waals surface area contributed by atoms with Crippen molar-refractivity contribution in [1.29, 1.82) is 0 Å². The number of benzene rings is 1. The largest absolute Gasteiger partial charge is 0.480 e. The van der Waals surface area contributed by atoms with Crippen LogP contribution >= 0.6 is 0 Å². The maximum atomic E-state index is 12.0. The molecule has 6 heteroatoms. The molecule has 2 amide bonds. The van der Waals surface area contributed by atoms with Crippen LogP contribution in [0.15, 0.2) is 30.3 Å². The lowest BCUT2D eigenvalue weighted by Crippen LogP contribution is -2.49. The number of rotatable bonds is 7. The van der Waals surface area contributed by atoms with Crippen LogP contribution in [-0.4, -0.2) is 39.1 Å². The summed E-state index contributed by atoms with van der Waals surface area (Å²) in [7, 11) is 0. The van der Waals surface area contributed by atoms with Gasteiger partial charge in [-0.05, 0) is 12.0 Å². The molecule has 21 heavy (non-hydrogen) atoms. The van der Waals surface area contributed by atoms with Gasteiger partial charge in [0.15, 0.2) is 0 Å². The molecule has 1 aromatic rings. The van der Waals surface area contributed by atoms with Crippen LogP contribution in [0.5, 0.6) is 0 Å². The number of imide groups is 1. The Labute approximate surface area is 123 Å². The van der Waals surface area contributed by atoms with Gasteiger partial charge in [0, 0.05) is 12.8 Å². The molecule has 0 aliphatic rings. The van der Waals surface area contributed by atoms with Crippen molar-refractivity contribution in [2.45, 2.75) is 38.6 Å². The number of hydrogen-bond acceptors (Lipinski definition) is 3. The highest BCUT2D eigenvalue weighted by atomic mass is 16.4. The van der Waals surface area contributed by atoms with Gasteiger partial charge in [0.1, 0.15) is 6.04 Å². The predicted octanol–water partition coefficient (Wildman–Crippen LogP) is 2.38. The smallest absolute Gasteiger partial charge is 0.414 e. The van der Waals surface area contributed by atoms with Crippen molar-refractivity contribution >= 4 is 18.0 Å². The average molecular weight is 293 g/mol. The SMILES string of the molecule is CCCCC(=O)N(C(=O)O)[C@@H](Cc1ccccc1)C(=O)O. The molecule has 0 saturated heterocycles. The van der Waals surface area contributed by atoms with Gasteiger partial charge in [0.2, 0.25) is 5.91 Å². The molecule has 0 bridgehead atoms. The number of carboxylic acid groups (broad SMARTS) is 2. The first-order chi connectivity index (χ1) is 9.97. The van der Waals surface area contributed by atoms with Crippen LogP contribution in [-0.2, 0) is 16.0 Å². The van der Waals surface area contributed by atoms with Crippen LogP contribution in [0.1, 0.15) is 31.7 Å². The van der Waals surface area contributed by atoms with E-state index in [1.165, 1.54) is 0 Å². The van der Waals surface area contributed by atoms with Crippen LogP contribution in [0.2, 0.25) is 0 Å². The standard InChI is InChI=1S/C15H19NO5/c1-2-3-9-13(17)16(15(20)21)12(14(18)19)10-11-7-5-4-6-8-11/h4-8,12H,2-3,9-10H2,1H3,(H,18,19)(H,20,21)/t12-/m0/s1. The fourth-order valence-corrected chi connectivity index (χ4v) is 1.99. The third-order valence-corrected chi connectivity index (χ3v) is 3.09. The van der Waals surface area contributed by atoms with Crippen LogP contribution in [0, 0.1) is 0 Å². The second-order valence-electron chi connectivity index (χ2n) is 4.69. The van der Waals surface area contributed by atoms with Gasteiger partial charge in [0.05, 0.1) is 0 Å². The molecule has 114 valence electrons. The molecule has 0 aliphatic carbocycles. The van der Waals surface area contributed by atoms with E-state index in [1.807, 2.05) is 6.92 Å². The number of carbonyl (C=O) groups excluding carboxylic acids is 1. The Morgan fingerprint density at radius 3 is 2.24 bits per heavy atom. The van der Waals surface area contributed by atoms with Gasteiger partial charge in [-0.25, -0.2) is 14.5 Å². The summed E-state index contributed by atoms with van der Waals surface area (Å²) >= 11 is 0. The summed E-state index contributed by atoms with van der Waals surface area (Å²) in [6.45, 7) is 1.87. The predicted molar refractivity (Wildman–Crippen MR) is 76.0 cm³/mol. The Kier molecular flexibility index (Phi) is 6.39. The molecule has 2 N–H and O–H groups in total. The van der Waals surface area contributed by atoms with Crippen molar-refractivity contribution < 1.29 is 24.6 Å². The van der Waals surface area contributed by atoms with Crippen molar-refractivity contribution in [3.05, 3.63) is 35.9 Å². The maximum Gasteiger partial charge on any atom is 0.414 e. The minimum atomic E-state index is -1.53. The summed E-state index contributed by atoms with van der Waals surface area (Å²) in [6, 6.07) is 7.24. The average Bonchev–Trinajstić information content (AvgIpc) is 2.45. The third-order valence-electron chi connectivity index (χ3n) is 3.09. The number of aliphatic carboxylic acids is 1. The molecular formula is C15H19NO5. The molecule has 6 nitrogen and oxygen atoms in total. The van der Waals surface area contributed by atoms with Gasteiger partial charge in [-0.3, -0.25) is 4.79 Å². The Bertz CT molecular complexity index is 500. The summed E-state index contributed by atoms with van der Waals surface area (Å²) in [5.74, 6) is -2.00. The van der Waals surface area contributed by atoms with Gasteiger partial charge in [0.25, 0.3) is 0 Å². The first-order valence-electron chi connectivity index (χ1n) is 6.79. The Morgan fingerprint density at radius 1 is 1.14 bits per heavy atom. The molecule has 1 aromatic carbocycles. The quantitative estimate of drug-likeness (QED) is 0.804. The zero-order valence-corrected chi connectivity index (χ0v) is 11.9. The van der Waals surface area contributed by atoms with Crippen LogP contribution in [0.3, 0.4) is 0 Å². The Morgan fingerprint density at radius 2 is 1.76 bits per heavy atom. The van der Waals surface area contributed by atoms with E-state index in [0.29, 0.717) is 16.9 Å². The normalized spacial score (nSPS) is 11.7. The minimum absolute atomic E-state index is 0.0291. The van der Waals surface area contributed by atoms with Gasteiger partial charge in [-0.15, -0.1) is 0 Å². The molecule has 0 spiro atoms. The number of nitrogens with zero attached hydrogens (tertiary/aromatic N) is 1. The summed E-state index contributed by atoms with van der Waals surface area (Å²) in [6.07, 6.45) is -0.281. The van der Waals surface area contributed by atoms with Crippen molar-refractivity contribution in [1.82, 2.24) is 4.90 Å². The highest BCUT2D eigenvalue weighted by Crippen LogP contribution is 2.13. The monoisotopic (exact) mass is 293 g/mol. The number of carboxylic acids is 1. The number of unbranched alkanes of at least 4 members (excludes halogenated alkanes) is 1. The molecule has 0 aromatic heterocycles. The molecule has 0 unspecified atom stereocenters. The zero-order chi connectivity index (χ0) is 15.8. The van der Waals surface area contributed by atoms with Gasteiger partial charge < -0.3 is 10.2 Å². The maximum absolute atomic E-state index is 12.0. The van der Waals surface area contributed by atoms with Crippen molar-refractivity contribution in [3.63, 3.8) is 0 Å². The topological polar surface area (TPSA) is 94.9 Å². The first kappa shape index (κ1) is 16.7. The van der Waals surface area contributed by atoms with E-state index in [4.69, 9.17) is 0 Å². The lowest BCUT2D eigenvalue weighted by Gasteiger charge is -2.24. The van der Waals surface area contributed by atoms with E-state index in [2.05, 4.69) is 0 Å².